The Labute approximate surface area is 157 Å². The zero-order valence-corrected chi connectivity index (χ0v) is 16.3. The Kier molecular flexibility index (Phi) is 4.71. The topological polar surface area (TPSA) is 77.8 Å². The number of rotatable bonds is 2. The SMILES string of the molecule is COC(=O)C(=O)c1cn2c3c(cc(C)cc13)CN(C(=O)OC(C)(C)C)CC2. The summed E-state index contributed by atoms with van der Waals surface area (Å²) in [6, 6.07) is 3.88. The smallest absolute Gasteiger partial charge is 0.410 e. The molecule has 0 fully saturated rings. The van der Waals surface area contributed by atoms with Gasteiger partial charge in [0.05, 0.1) is 24.7 Å². The molecule has 1 aliphatic rings. The first kappa shape index (κ1) is 18.9. The lowest BCUT2D eigenvalue weighted by Crippen LogP contribution is -2.37. The first-order valence-electron chi connectivity index (χ1n) is 8.83. The average molecular weight is 372 g/mol. The summed E-state index contributed by atoms with van der Waals surface area (Å²) in [4.78, 5) is 38.3. The minimum Gasteiger partial charge on any atom is -0.463 e. The van der Waals surface area contributed by atoms with Crippen molar-refractivity contribution in [2.24, 2.45) is 0 Å². The lowest BCUT2D eigenvalue weighted by molar-refractivity contribution is -0.135. The summed E-state index contributed by atoms with van der Waals surface area (Å²) in [5.74, 6) is -1.55. The van der Waals surface area contributed by atoms with Gasteiger partial charge < -0.3 is 18.9 Å². The van der Waals surface area contributed by atoms with E-state index >= 15 is 0 Å². The fraction of sp³-hybridized carbons (Fsp3) is 0.450. The Bertz CT molecular complexity index is 936. The maximum Gasteiger partial charge on any atom is 0.410 e. The van der Waals surface area contributed by atoms with Gasteiger partial charge in [-0.15, -0.1) is 0 Å². The third kappa shape index (κ3) is 3.67. The molecular weight excluding hydrogens is 348 g/mol. The number of ketones is 1. The third-order valence-electron chi connectivity index (χ3n) is 4.43. The lowest BCUT2D eigenvalue weighted by atomic mass is 10.0. The first-order chi connectivity index (χ1) is 12.6. The molecule has 3 rings (SSSR count). The van der Waals surface area contributed by atoms with Crippen molar-refractivity contribution in [3.63, 3.8) is 0 Å². The number of esters is 1. The highest BCUT2D eigenvalue weighted by Gasteiger charge is 2.28. The zero-order chi connectivity index (χ0) is 19.9. The molecule has 1 amide bonds. The Morgan fingerprint density at radius 3 is 2.44 bits per heavy atom. The van der Waals surface area contributed by atoms with Gasteiger partial charge in [0.15, 0.2) is 0 Å². The molecule has 0 bridgehead atoms. The number of nitrogens with zero attached hydrogens (tertiary/aromatic N) is 2. The van der Waals surface area contributed by atoms with Gasteiger partial charge in [-0.25, -0.2) is 9.59 Å². The van der Waals surface area contributed by atoms with Crippen molar-refractivity contribution in [3.05, 3.63) is 35.0 Å². The fourth-order valence-electron chi connectivity index (χ4n) is 3.36. The molecule has 0 saturated carbocycles. The van der Waals surface area contributed by atoms with Crippen molar-refractivity contribution in [3.8, 4) is 0 Å². The minimum atomic E-state index is -0.885. The van der Waals surface area contributed by atoms with Crippen LogP contribution in [0.5, 0.6) is 0 Å². The number of benzene rings is 1. The van der Waals surface area contributed by atoms with Crippen molar-refractivity contribution in [2.75, 3.05) is 13.7 Å². The zero-order valence-electron chi connectivity index (χ0n) is 16.3. The number of Topliss-reactive ketones (excluding diaryl/α,β-unsaturated/α-hetero) is 1. The van der Waals surface area contributed by atoms with Gasteiger partial charge in [0.25, 0.3) is 5.78 Å². The maximum atomic E-state index is 12.5. The number of amides is 1. The van der Waals surface area contributed by atoms with Crippen molar-refractivity contribution in [1.29, 1.82) is 0 Å². The predicted molar refractivity (Wildman–Crippen MR) is 99.7 cm³/mol. The van der Waals surface area contributed by atoms with Crippen molar-refractivity contribution in [2.45, 2.75) is 46.4 Å². The number of carbonyl (C=O) groups excluding carboxylic acids is 3. The number of hydrogen-bond acceptors (Lipinski definition) is 5. The van der Waals surface area contributed by atoms with Gasteiger partial charge in [0, 0.05) is 24.7 Å². The summed E-state index contributed by atoms with van der Waals surface area (Å²) in [7, 11) is 1.19. The fourth-order valence-corrected chi connectivity index (χ4v) is 3.36. The first-order valence-corrected chi connectivity index (χ1v) is 8.83. The quantitative estimate of drug-likeness (QED) is 0.460. The van der Waals surface area contributed by atoms with Crippen LogP contribution in [0.15, 0.2) is 18.3 Å². The van der Waals surface area contributed by atoms with Gasteiger partial charge >= 0.3 is 12.1 Å². The van der Waals surface area contributed by atoms with Crippen LogP contribution in [0.1, 0.15) is 42.3 Å². The molecule has 0 saturated heterocycles. The van der Waals surface area contributed by atoms with E-state index in [0.29, 0.717) is 30.6 Å². The van der Waals surface area contributed by atoms with Crippen LogP contribution in [0.2, 0.25) is 0 Å². The van der Waals surface area contributed by atoms with Crippen LogP contribution in [-0.2, 0) is 27.4 Å². The molecule has 2 heterocycles. The number of aryl methyl sites for hydroxylation is 1. The molecule has 0 aliphatic carbocycles. The monoisotopic (exact) mass is 372 g/mol. The van der Waals surface area contributed by atoms with E-state index in [0.717, 1.165) is 16.6 Å². The molecule has 0 atom stereocenters. The molecule has 1 aromatic carbocycles. The molecule has 0 spiro atoms. The van der Waals surface area contributed by atoms with E-state index in [2.05, 4.69) is 4.74 Å². The van der Waals surface area contributed by atoms with Crippen molar-refractivity contribution in [1.82, 2.24) is 9.47 Å². The molecule has 1 aromatic heterocycles. The number of methoxy groups -OCH3 is 1. The second-order valence-electron chi connectivity index (χ2n) is 7.78. The summed E-state index contributed by atoms with van der Waals surface area (Å²) in [6.45, 7) is 8.75. The molecule has 0 N–H and O–H groups in total. The van der Waals surface area contributed by atoms with Gasteiger partial charge in [-0.05, 0) is 39.3 Å². The number of ether oxygens (including phenoxy) is 2. The van der Waals surface area contributed by atoms with Crippen LogP contribution in [0.4, 0.5) is 4.79 Å². The highest BCUT2D eigenvalue weighted by atomic mass is 16.6. The minimum absolute atomic E-state index is 0.326. The molecular formula is C20H24N2O5. The molecule has 7 heteroatoms. The lowest BCUT2D eigenvalue weighted by Gasteiger charge is -2.26. The van der Waals surface area contributed by atoms with Crippen molar-refractivity contribution >= 4 is 28.7 Å². The van der Waals surface area contributed by atoms with E-state index in [1.54, 1.807) is 11.1 Å². The number of aromatic nitrogens is 1. The van der Waals surface area contributed by atoms with E-state index in [9.17, 15) is 14.4 Å². The molecule has 2 aromatic rings. The molecule has 7 nitrogen and oxygen atoms in total. The molecule has 144 valence electrons. The second kappa shape index (κ2) is 6.72. The Morgan fingerprint density at radius 1 is 1.11 bits per heavy atom. The predicted octanol–water partition coefficient (Wildman–Crippen LogP) is 3.06. The summed E-state index contributed by atoms with van der Waals surface area (Å²) >= 11 is 0. The van der Waals surface area contributed by atoms with Crippen LogP contribution in [0.25, 0.3) is 10.9 Å². The van der Waals surface area contributed by atoms with Crippen LogP contribution >= 0.6 is 0 Å². The maximum absolute atomic E-state index is 12.5. The van der Waals surface area contributed by atoms with Crippen LogP contribution in [0.3, 0.4) is 0 Å². The van der Waals surface area contributed by atoms with E-state index in [1.165, 1.54) is 7.11 Å². The van der Waals surface area contributed by atoms with Gasteiger partial charge in [-0.3, -0.25) is 4.79 Å². The highest BCUT2D eigenvalue weighted by molar-refractivity contribution is 6.43. The van der Waals surface area contributed by atoms with Gasteiger partial charge in [0.1, 0.15) is 5.60 Å². The number of carbonyl (C=O) groups is 3. The standard InChI is InChI=1S/C20H24N2O5/c1-12-8-13-10-22(19(25)27-20(2,3)4)7-6-21-11-15(14(9-12)16(13)21)17(23)18(24)26-5/h8-9,11H,6-7,10H2,1-5H3. The largest absolute Gasteiger partial charge is 0.463 e. The average Bonchev–Trinajstić information content (AvgIpc) is 2.82. The normalized spacial score (nSPS) is 14.0. The van der Waals surface area contributed by atoms with Gasteiger partial charge in [0.2, 0.25) is 0 Å². The summed E-state index contributed by atoms with van der Waals surface area (Å²) in [6.07, 6.45) is 1.31. The van der Waals surface area contributed by atoms with E-state index in [1.807, 2.05) is 44.4 Å². The van der Waals surface area contributed by atoms with Crippen LogP contribution in [0, 0.1) is 6.92 Å². The Morgan fingerprint density at radius 2 is 1.81 bits per heavy atom. The summed E-state index contributed by atoms with van der Waals surface area (Å²) < 4.78 is 12.0. The van der Waals surface area contributed by atoms with Gasteiger partial charge in [-0.1, -0.05) is 11.6 Å². The number of hydrogen-bond donors (Lipinski definition) is 0. The highest BCUT2D eigenvalue weighted by Crippen LogP contribution is 2.30. The molecule has 0 unspecified atom stereocenters. The van der Waals surface area contributed by atoms with Crippen molar-refractivity contribution < 1.29 is 23.9 Å². The summed E-state index contributed by atoms with van der Waals surface area (Å²) in [5.41, 5.74) is 2.48. The Balaban J connectivity index is 2.04. The third-order valence-corrected chi connectivity index (χ3v) is 4.43. The van der Waals surface area contributed by atoms with Crippen LogP contribution in [-0.4, -0.2) is 46.6 Å². The Hall–Kier alpha value is -2.83. The molecule has 0 radical (unpaired) electrons. The van der Waals surface area contributed by atoms with Crippen LogP contribution < -0.4 is 0 Å². The summed E-state index contributed by atoms with van der Waals surface area (Å²) in [5, 5.41) is 0.700. The molecule has 27 heavy (non-hydrogen) atoms. The molecule has 1 aliphatic heterocycles. The second-order valence-corrected chi connectivity index (χ2v) is 7.78. The van der Waals surface area contributed by atoms with E-state index in [-0.39, 0.29) is 6.09 Å². The van der Waals surface area contributed by atoms with Gasteiger partial charge in [-0.2, -0.15) is 0 Å². The van der Waals surface area contributed by atoms with E-state index < -0.39 is 17.4 Å². The van der Waals surface area contributed by atoms with E-state index in [4.69, 9.17) is 4.74 Å².